The fraction of sp³-hybridized carbons (Fsp3) is 0.154. The topological polar surface area (TPSA) is 82.0 Å². The molecule has 8 heteroatoms. The van der Waals surface area contributed by atoms with Gasteiger partial charge in [-0.3, -0.25) is 14.5 Å². The summed E-state index contributed by atoms with van der Waals surface area (Å²) in [6.07, 6.45) is 3.95. The maximum atomic E-state index is 6.18. The first-order valence-corrected chi connectivity index (χ1v) is 11.9. The molecule has 6 nitrogen and oxygen atoms in total. The third-order valence-electron chi connectivity index (χ3n) is 5.57. The molecule has 0 radical (unpaired) electrons. The highest BCUT2D eigenvalue weighted by molar-refractivity contribution is 7.15. The second-order valence-electron chi connectivity index (χ2n) is 8.03. The number of nitrogens with zero attached hydrogens (tertiary/aromatic N) is 5. The van der Waals surface area contributed by atoms with Crippen molar-refractivity contribution in [2.24, 2.45) is 10.7 Å². The zero-order valence-electron chi connectivity index (χ0n) is 18.7. The Bertz CT molecular complexity index is 1490. The molecule has 1 aliphatic rings. The minimum atomic E-state index is -0.310. The van der Waals surface area contributed by atoms with Crippen molar-refractivity contribution in [2.75, 3.05) is 0 Å². The van der Waals surface area contributed by atoms with E-state index in [2.05, 4.69) is 45.1 Å². The number of thiophene rings is 1. The highest BCUT2D eigenvalue weighted by Gasteiger charge is 2.31. The van der Waals surface area contributed by atoms with Crippen LogP contribution in [0.3, 0.4) is 0 Å². The van der Waals surface area contributed by atoms with Crippen LogP contribution in [0.15, 0.2) is 66.1 Å². The van der Waals surface area contributed by atoms with Crippen molar-refractivity contribution >= 4 is 28.6 Å². The Kier molecular flexibility index (Phi) is 5.78. The summed E-state index contributed by atoms with van der Waals surface area (Å²) < 4.78 is 2.07. The van der Waals surface area contributed by atoms with Crippen LogP contribution in [0.4, 0.5) is 0 Å². The normalized spacial score (nSPS) is 14.3. The van der Waals surface area contributed by atoms with Gasteiger partial charge in [0.2, 0.25) is 0 Å². The van der Waals surface area contributed by atoms with Crippen molar-refractivity contribution in [3.8, 4) is 16.8 Å². The number of nitrogens with two attached hydrogens (primary N) is 1. The predicted molar refractivity (Wildman–Crippen MR) is 137 cm³/mol. The molecule has 0 saturated carbocycles. The van der Waals surface area contributed by atoms with Crippen LogP contribution in [0, 0.1) is 25.7 Å². The summed E-state index contributed by atoms with van der Waals surface area (Å²) in [5.74, 6) is 8.12. The van der Waals surface area contributed by atoms with Crippen molar-refractivity contribution < 1.29 is 0 Å². The molecule has 4 aromatic rings. The molecule has 5 rings (SSSR count). The average Bonchev–Trinajstić information content (AvgIpc) is 3.31. The van der Waals surface area contributed by atoms with Gasteiger partial charge < -0.3 is 5.73 Å². The number of halogens is 1. The minimum Gasteiger partial charge on any atom is -0.402 e. The second-order valence-corrected chi connectivity index (χ2v) is 9.46. The number of aryl methyl sites for hydroxylation is 1. The zero-order valence-corrected chi connectivity index (χ0v) is 20.3. The van der Waals surface area contributed by atoms with E-state index in [1.54, 1.807) is 23.7 Å². The molecule has 1 atom stereocenters. The first kappa shape index (κ1) is 22.1. The summed E-state index contributed by atoms with van der Waals surface area (Å²) in [5, 5.41) is 10.5. The molecule has 1 aromatic carbocycles. The lowest BCUT2D eigenvalue weighted by Crippen LogP contribution is -2.09. The Morgan fingerprint density at radius 2 is 1.85 bits per heavy atom. The van der Waals surface area contributed by atoms with Crippen molar-refractivity contribution in [3.63, 3.8) is 0 Å². The molecule has 2 N–H and O–H groups in total. The largest absolute Gasteiger partial charge is 0.402 e. The third-order valence-corrected chi connectivity index (χ3v) is 7.02. The Morgan fingerprint density at radius 3 is 2.56 bits per heavy atom. The molecule has 3 aromatic heterocycles. The van der Waals surface area contributed by atoms with Gasteiger partial charge in [-0.05, 0) is 43.7 Å². The van der Waals surface area contributed by atoms with Gasteiger partial charge in [-0.1, -0.05) is 42.2 Å². The maximum Gasteiger partial charge on any atom is 0.163 e. The van der Waals surface area contributed by atoms with Crippen LogP contribution in [0.1, 0.15) is 51.2 Å². The number of fused-ring (bicyclic) bond motifs is 3. The number of aliphatic imine (C=N–C) groups is 1. The van der Waals surface area contributed by atoms with E-state index < -0.39 is 0 Å². The standard InChI is InChI=1S/C26H21ClN6S/c1-15(28)14-21-25-32-31-17(3)33(25)26-23(24(30-21)19-5-7-20(27)8-6-19)16(2)22(34-26)9-4-18-10-12-29-13-11-18/h5-8,10-13,21H,1,14,28H2,2-3H3/t21-/m0/s1. The van der Waals surface area contributed by atoms with Crippen molar-refractivity contribution in [3.05, 3.63) is 105 Å². The number of hydrogen-bond acceptors (Lipinski definition) is 6. The van der Waals surface area contributed by atoms with Gasteiger partial charge >= 0.3 is 0 Å². The summed E-state index contributed by atoms with van der Waals surface area (Å²) in [4.78, 5) is 10.2. The number of benzene rings is 1. The molecule has 0 saturated heterocycles. The molecule has 0 spiro atoms. The SMILES string of the molecule is C=C(N)C[C@@H]1N=C(c2ccc(Cl)cc2)c2c(sc(C#Cc3ccncc3)c2C)-n2c(C)nnc21. The van der Waals surface area contributed by atoms with Crippen LogP contribution >= 0.6 is 22.9 Å². The van der Waals surface area contributed by atoms with Gasteiger partial charge in [0.05, 0.1) is 10.6 Å². The maximum absolute atomic E-state index is 6.18. The third kappa shape index (κ3) is 4.03. The molecule has 0 fully saturated rings. The monoisotopic (exact) mass is 484 g/mol. The van der Waals surface area contributed by atoms with Crippen LogP contribution < -0.4 is 5.73 Å². The van der Waals surface area contributed by atoms with E-state index in [0.29, 0.717) is 17.1 Å². The summed E-state index contributed by atoms with van der Waals surface area (Å²) >= 11 is 7.79. The fourth-order valence-electron chi connectivity index (χ4n) is 3.95. The first-order valence-electron chi connectivity index (χ1n) is 10.7. The van der Waals surface area contributed by atoms with E-state index in [9.17, 15) is 0 Å². The predicted octanol–water partition coefficient (Wildman–Crippen LogP) is 5.15. The molecule has 0 amide bonds. The summed E-state index contributed by atoms with van der Waals surface area (Å²) in [6.45, 7) is 7.93. The van der Waals surface area contributed by atoms with Gasteiger partial charge in [0.25, 0.3) is 0 Å². The molecule has 0 unspecified atom stereocenters. The quantitative estimate of drug-likeness (QED) is 0.408. The van der Waals surface area contributed by atoms with E-state index in [0.717, 1.165) is 49.5 Å². The lowest BCUT2D eigenvalue weighted by Gasteiger charge is -2.12. The van der Waals surface area contributed by atoms with E-state index in [1.807, 2.05) is 43.3 Å². The fourth-order valence-corrected chi connectivity index (χ4v) is 5.30. The van der Waals surface area contributed by atoms with E-state index in [1.165, 1.54) is 0 Å². The molecule has 1 aliphatic heterocycles. The lowest BCUT2D eigenvalue weighted by atomic mass is 9.99. The van der Waals surface area contributed by atoms with Gasteiger partial charge in [0.1, 0.15) is 16.9 Å². The van der Waals surface area contributed by atoms with Gasteiger partial charge in [0, 0.05) is 46.2 Å². The molecule has 0 bridgehead atoms. The Balaban J connectivity index is 1.76. The van der Waals surface area contributed by atoms with Crippen LogP contribution in [-0.2, 0) is 0 Å². The molecule has 168 valence electrons. The van der Waals surface area contributed by atoms with Crippen LogP contribution in [0.25, 0.3) is 5.00 Å². The molecule has 0 aliphatic carbocycles. The summed E-state index contributed by atoms with van der Waals surface area (Å²) in [5.41, 5.74) is 11.4. The highest BCUT2D eigenvalue weighted by atomic mass is 35.5. The summed E-state index contributed by atoms with van der Waals surface area (Å²) in [7, 11) is 0. The zero-order chi connectivity index (χ0) is 23.8. The van der Waals surface area contributed by atoms with Crippen molar-refractivity contribution in [1.29, 1.82) is 0 Å². The van der Waals surface area contributed by atoms with Gasteiger partial charge in [-0.25, -0.2) is 0 Å². The highest BCUT2D eigenvalue weighted by Crippen LogP contribution is 2.40. The Morgan fingerprint density at radius 1 is 1.12 bits per heavy atom. The molecule has 34 heavy (non-hydrogen) atoms. The van der Waals surface area contributed by atoms with Crippen molar-refractivity contribution in [1.82, 2.24) is 19.7 Å². The minimum absolute atomic E-state index is 0.310. The van der Waals surface area contributed by atoms with Crippen molar-refractivity contribution in [2.45, 2.75) is 26.3 Å². The number of pyridine rings is 1. The van der Waals surface area contributed by atoms with Crippen LogP contribution in [0.2, 0.25) is 5.02 Å². The van der Waals surface area contributed by atoms with E-state index in [-0.39, 0.29) is 6.04 Å². The van der Waals surface area contributed by atoms with E-state index >= 15 is 0 Å². The smallest absolute Gasteiger partial charge is 0.163 e. The molecule has 4 heterocycles. The first-order chi connectivity index (χ1) is 16.4. The average molecular weight is 485 g/mol. The number of aromatic nitrogens is 4. The van der Waals surface area contributed by atoms with Gasteiger partial charge in [-0.15, -0.1) is 21.5 Å². The Labute approximate surface area is 206 Å². The Hall–Kier alpha value is -3.73. The second kappa shape index (κ2) is 8.90. The van der Waals surface area contributed by atoms with Crippen LogP contribution in [0.5, 0.6) is 0 Å². The van der Waals surface area contributed by atoms with Crippen LogP contribution in [-0.4, -0.2) is 25.5 Å². The number of rotatable bonds is 3. The van der Waals surface area contributed by atoms with Gasteiger partial charge in [-0.2, -0.15) is 0 Å². The summed E-state index contributed by atoms with van der Waals surface area (Å²) in [6, 6.07) is 11.2. The lowest BCUT2D eigenvalue weighted by molar-refractivity contribution is 0.651. The molecular formula is C26H21ClN6S. The van der Waals surface area contributed by atoms with E-state index in [4.69, 9.17) is 22.3 Å². The molecular weight excluding hydrogens is 464 g/mol. The number of hydrogen-bond donors (Lipinski definition) is 1. The van der Waals surface area contributed by atoms with Gasteiger partial charge in [0.15, 0.2) is 5.82 Å².